The molecule has 1 saturated heterocycles. The van der Waals surface area contributed by atoms with E-state index in [1.807, 2.05) is 6.07 Å². The molecule has 1 unspecified atom stereocenters. The van der Waals surface area contributed by atoms with E-state index in [1.54, 1.807) is 0 Å². The first-order valence-corrected chi connectivity index (χ1v) is 7.43. The molecule has 0 spiro atoms. The maximum atomic E-state index is 5.72. The van der Waals surface area contributed by atoms with E-state index >= 15 is 0 Å². The fraction of sp³-hybridized carbons (Fsp3) is 0.529. The van der Waals surface area contributed by atoms with Crippen molar-refractivity contribution in [1.82, 2.24) is 4.90 Å². The molecule has 0 aliphatic carbocycles. The van der Waals surface area contributed by atoms with Crippen LogP contribution in [0.3, 0.4) is 0 Å². The molecule has 1 aliphatic heterocycles. The maximum Gasteiger partial charge on any atom is 0.0702 e. The minimum absolute atomic E-state index is 0.407. The Morgan fingerprint density at radius 1 is 1.45 bits per heavy atom. The summed E-state index contributed by atoms with van der Waals surface area (Å²) in [6.07, 6.45) is 2.81. The Morgan fingerprint density at radius 2 is 2.35 bits per heavy atom. The lowest BCUT2D eigenvalue weighted by atomic mass is 10.1. The van der Waals surface area contributed by atoms with Gasteiger partial charge in [0.1, 0.15) is 0 Å². The predicted molar refractivity (Wildman–Crippen MR) is 82.3 cm³/mol. The van der Waals surface area contributed by atoms with E-state index in [2.05, 4.69) is 41.9 Å². The monoisotopic (exact) mass is 272 g/mol. The van der Waals surface area contributed by atoms with Crippen LogP contribution < -0.4 is 5.73 Å². The first-order chi connectivity index (χ1) is 9.81. The van der Waals surface area contributed by atoms with Gasteiger partial charge in [-0.15, -0.1) is 0 Å². The van der Waals surface area contributed by atoms with E-state index in [4.69, 9.17) is 10.5 Å². The molecule has 3 nitrogen and oxygen atoms in total. The molecular formula is C17H24N2O. The van der Waals surface area contributed by atoms with Gasteiger partial charge in [-0.25, -0.2) is 0 Å². The van der Waals surface area contributed by atoms with Gasteiger partial charge >= 0.3 is 0 Å². The first-order valence-electron chi connectivity index (χ1n) is 7.43. The fourth-order valence-corrected chi connectivity index (χ4v) is 2.54. The van der Waals surface area contributed by atoms with Crippen molar-refractivity contribution < 1.29 is 4.74 Å². The van der Waals surface area contributed by atoms with Crippen molar-refractivity contribution in [2.24, 2.45) is 5.73 Å². The van der Waals surface area contributed by atoms with Gasteiger partial charge in [-0.1, -0.05) is 30.9 Å². The molecule has 0 bridgehead atoms. The normalized spacial score (nSPS) is 18.1. The Balaban J connectivity index is 1.95. The first kappa shape index (κ1) is 15.1. The molecule has 0 amide bonds. The van der Waals surface area contributed by atoms with Crippen LogP contribution in [-0.4, -0.2) is 37.2 Å². The Kier molecular flexibility index (Phi) is 6.07. The number of nitrogens with two attached hydrogens (primary N) is 1. The van der Waals surface area contributed by atoms with Crippen LogP contribution in [-0.2, 0) is 11.3 Å². The number of hydrogen-bond acceptors (Lipinski definition) is 3. The maximum absolute atomic E-state index is 5.72. The number of likely N-dealkylation sites (N-methyl/N-ethyl adjacent to an activating group) is 1. The molecule has 2 N–H and O–H groups in total. The number of ether oxygens (including phenoxy) is 1. The molecule has 2 rings (SSSR count). The Labute approximate surface area is 122 Å². The summed E-state index contributed by atoms with van der Waals surface area (Å²) in [4.78, 5) is 2.44. The van der Waals surface area contributed by atoms with E-state index in [0.29, 0.717) is 12.6 Å². The number of benzene rings is 1. The third-order valence-electron chi connectivity index (χ3n) is 3.60. The van der Waals surface area contributed by atoms with Crippen LogP contribution in [0.15, 0.2) is 24.3 Å². The quantitative estimate of drug-likeness (QED) is 0.833. The van der Waals surface area contributed by atoms with Gasteiger partial charge in [0.25, 0.3) is 0 Å². The van der Waals surface area contributed by atoms with Gasteiger partial charge in [-0.05, 0) is 37.1 Å². The Bertz CT molecular complexity index is 469. The van der Waals surface area contributed by atoms with Gasteiger partial charge in [-0.2, -0.15) is 0 Å². The summed E-state index contributed by atoms with van der Waals surface area (Å²) in [7, 11) is 0. The largest absolute Gasteiger partial charge is 0.377 e. The zero-order valence-corrected chi connectivity index (χ0v) is 12.3. The summed E-state index contributed by atoms with van der Waals surface area (Å²) >= 11 is 0. The van der Waals surface area contributed by atoms with E-state index in [9.17, 15) is 0 Å². The van der Waals surface area contributed by atoms with Crippen LogP contribution in [0.4, 0.5) is 0 Å². The fourth-order valence-electron chi connectivity index (χ4n) is 2.54. The van der Waals surface area contributed by atoms with Crippen LogP contribution in [0.2, 0.25) is 0 Å². The van der Waals surface area contributed by atoms with E-state index in [1.165, 1.54) is 18.4 Å². The predicted octanol–water partition coefficient (Wildman–Crippen LogP) is 2.00. The van der Waals surface area contributed by atoms with Crippen LogP contribution in [0.25, 0.3) is 0 Å². The summed E-state index contributed by atoms with van der Waals surface area (Å²) in [5.41, 5.74) is 7.75. The summed E-state index contributed by atoms with van der Waals surface area (Å²) in [6, 6.07) is 8.41. The summed E-state index contributed by atoms with van der Waals surface area (Å²) in [5.74, 6) is 5.99. The second kappa shape index (κ2) is 8.06. The molecule has 20 heavy (non-hydrogen) atoms. The standard InChI is InChI=1S/C17H24N2O/c1-2-19(14-17-9-5-11-20-17)13-16-7-3-6-15(12-16)8-4-10-18/h3,6-7,12,17H,2,5,9-11,13-14,18H2,1H3. The molecular weight excluding hydrogens is 248 g/mol. The lowest BCUT2D eigenvalue weighted by molar-refractivity contribution is 0.0725. The van der Waals surface area contributed by atoms with Crippen molar-refractivity contribution in [3.8, 4) is 11.8 Å². The lowest BCUT2D eigenvalue weighted by Gasteiger charge is -2.23. The SMILES string of the molecule is CCN(Cc1cccc(C#CCN)c1)CC1CCCO1. The number of rotatable bonds is 5. The van der Waals surface area contributed by atoms with Crippen LogP contribution in [0.1, 0.15) is 30.9 Å². The van der Waals surface area contributed by atoms with Crippen molar-refractivity contribution in [3.63, 3.8) is 0 Å². The Hall–Kier alpha value is -1.34. The highest BCUT2D eigenvalue weighted by molar-refractivity contribution is 5.37. The summed E-state index contributed by atoms with van der Waals surface area (Å²) < 4.78 is 5.72. The van der Waals surface area contributed by atoms with Crippen molar-refractivity contribution >= 4 is 0 Å². The summed E-state index contributed by atoms with van der Waals surface area (Å²) in [5, 5.41) is 0. The van der Waals surface area contributed by atoms with Crippen LogP contribution in [0, 0.1) is 11.8 Å². The molecule has 3 heteroatoms. The third-order valence-corrected chi connectivity index (χ3v) is 3.60. The van der Waals surface area contributed by atoms with Gasteiger partial charge in [0.05, 0.1) is 12.6 Å². The molecule has 1 heterocycles. The highest BCUT2D eigenvalue weighted by Crippen LogP contribution is 2.15. The van der Waals surface area contributed by atoms with Gasteiger partial charge in [0.15, 0.2) is 0 Å². The van der Waals surface area contributed by atoms with Crippen molar-refractivity contribution in [2.75, 3.05) is 26.2 Å². The van der Waals surface area contributed by atoms with Crippen LogP contribution in [0.5, 0.6) is 0 Å². The van der Waals surface area contributed by atoms with Gasteiger partial charge in [-0.3, -0.25) is 4.90 Å². The summed E-state index contributed by atoms with van der Waals surface area (Å²) in [6.45, 7) is 6.55. The molecule has 0 aromatic heterocycles. The number of hydrogen-bond donors (Lipinski definition) is 1. The molecule has 1 fully saturated rings. The lowest BCUT2D eigenvalue weighted by Crippen LogP contribution is -2.31. The second-order valence-electron chi connectivity index (χ2n) is 5.17. The molecule has 1 aromatic rings. The smallest absolute Gasteiger partial charge is 0.0702 e. The van der Waals surface area contributed by atoms with E-state index in [0.717, 1.165) is 31.8 Å². The van der Waals surface area contributed by atoms with E-state index < -0.39 is 0 Å². The highest BCUT2D eigenvalue weighted by Gasteiger charge is 2.18. The highest BCUT2D eigenvalue weighted by atomic mass is 16.5. The van der Waals surface area contributed by atoms with Gasteiger partial charge < -0.3 is 10.5 Å². The van der Waals surface area contributed by atoms with Crippen LogP contribution >= 0.6 is 0 Å². The minimum atomic E-state index is 0.407. The van der Waals surface area contributed by atoms with Gasteiger partial charge in [0.2, 0.25) is 0 Å². The molecule has 1 atom stereocenters. The molecule has 0 radical (unpaired) electrons. The van der Waals surface area contributed by atoms with Crippen molar-refractivity contribution in [1.29, 1.82) is 0 Å². The zero-order valence-electron chi connectivity index (χ0n) is 12.3. The van der Waals surface area contributed by atoms with Crippen molar-refractivity contribution in [2.45, 2.75) is 32.4 Å². The topological polar surface area (TPSA) is 38.5 Å². The van der Waals surface area contributed by atoms with E-state index in [-0.39, 0.29) is 0 Å². The average molecular weight is 272 g/mol. The molecule has 0 saturated carbocycles. The Morgan fingerprint density at radius 3 is 3.05 bits per heavy atom. The van der Waals surface area contributed by atoms with Crippen molar-refractivity contribution in [3.05, 3.63) is 35.4 Å². The molecule has 1 aliphatic rings. The minimum Gasteiger partial charge on any atom is -0.377 e. The second-order valence-corrected chi connectivity index (χ2v) is 5.17. The van der Waals surface area contributed by atoms with Gasteiger partial charge in [0, 0.05) is 25.3 Å². The molecule has 1 aromatic carbocycles. The average Bonchev–Trinajstić information content (AvgIpc) is 2.98. The molecule has 108 valence electrons. The number of nitrogens with zero attached hydrogens (tertiary/aromatic N) is 1. The third kappa shape index (κ3) is 4.64. The zero-order chi connectivity index (χ0) is 14.2.